The molecule has 3 N–H and O–H groups in total. The summed E-state index contributed by atoms with van der Waals surface area (Å²) in [6, 6.07) is 16.9. The Labute approximate surface area is 202 Å². The van der Waals surface area contributed by atoms with Crippen LogP contribution < -0.4 is 30.0 Å². The van der Waals surface area contributed by atoms with Gasteiger partial charge in [-0.25, -0.2) is 0 Å². The van der Waals surface area contributed by atoms with Crippen LogP contribution in [-0.4, -0.2) is 44.8 Å². The Balaban J connectivity index is 1.79. The van der Waals surface area contributed by atoms with Crippen molar-refractivity contribution in [3.05, 3.63) is 71.8 Å². The lowest BCUT2D eigenvalue weighted by molar-refractivity contribution is 0.0967. The first kappa shape index (κ1) is 23.5. The Bertz CT molecular complexity index is 1430. The third-order valence-electron chi connectivity index (χ3n) is 5.63. The van der Waals surface area contributed by atoms with Crippen LogP contribution in [0.1, 0.15) is 20.7 Å². The first-order valence-corrected chi connectivity index (χ1v) is 10.6. The Morgan fingerprint density at radius 3 is 2.20 bits per heavy atom. The van der Waals surface area contributed by atoms with Gasteiger partial charge in [-0.3, -0.25) is 14.2 Å². The maximum atomic E-state index is 13.5. The Hall–Kier alpha value is -4.66. The van der Waals surface area contributed by atoms with Crippen LogP contribution in [0.4, 0.5) is 11.5 Å². The number of hydrogen-bond acceptors (Lipinski definition) is 7. The summed E-state index contributed by atoms with van der Waals surface area (Å²) in [7, 11) is 6.03. The molecule has 1 heterocycles. The van der Waals surface area contributed by atoms with E-state index in [1.165, 1.54) is 33.0 Å². The molecule has 180 valence electrons. The SMILES string of the molecule is COc1ccc(NC(=O)c2c(N)n(C(=O)c3ccc(OC)c(OC)c3)c3ccccc23)c(OC)c1. The highest BCUT2D eigenvalue weighted by Crippen LogP contribution is 2.34. The van der Waals surface area contributed by atoms with Gasteiger partial charge in [-0.2, -0.15) is 0 Å². The molecule has 1 amide bonds. The Kier molecular flexibility index (Phi) is 6.50. The lowest BCUT2D eigenvalue weighted by Gasteiger charge is -2.12. The van der Waals surface area contributed by atoms with E-state index in [0.717, 1.165) is 0 Å². The van der Waals surface area contributed by atoms with Crippen molar-refractivity contribution in [3.63, 3.8) is 0 Å². The summed E-state index contributed by atoms with van der Waals surface area (Å²) in [6.07, 6.45) is 0. The number of para-hydroxylation sites is 1. The highest BCUT2D eigenvalue weighted by molar-refractivity contribution is 6.20. The van der Waals surface area contributed by atoms with Crippen LogP contribution in [0.25, 0.3) is 10.9 Å². The molecule has 0 atom stereocenters. The van der Waals surface area contributed by atoms with Crippen LogP contribution in [0.3, 0.4) is 0 Å². The van der Waals surface area contributed by atoms with E-state index in [-0.39, 0.29) is 11.4 Å². The molecule has 3 aromatic carbocycles. The number of nitrogens with one attached hydrogen (secondary N) is 1. The minimum Gasteiger partial charge on any atom is -0.497 e. The monoisotopic (exact) mass is 475 g/mol. The van der Waals surface area contributed by atoms with Gasteiger partial charge in [0.25, 0.3) is 11.8 Å². The van der Waals surface area contributed by atoms with Crippen molar-refractivity contribution in [2.75, 3.05) is 39.5 Å². The number of nitrogen functional groups attached to an aromatic ring is 1. The van der Waals surface area contributed by atoms with Crippen LogP contribution in [-0.2, 0) is 0 Å². The van der Waals surface area contributed by atoms with Crippen molar-refractivity contribution in [2.45, 2.75) is 0 Å². The average molecular weight is 476 g/mol. The van der Waals surface area contributed by atoms with Gasteiger partial charge in [-0.1, -0.05) is 18.2 Å². The molecule has 0 unspecified atom stereocenters. The van der Waals surface area contributed by atoms with Crippen LogP contribution in [0.2, 0.25) is 0 Å². The summed E-state index contributed by atoms with van der Waals surface area (Å²) in [5.41, 5.74) is 7.85. The molecule has 0 radical (unpaired) electrons. The van der Waals surface area contributed by atoms with Crippen molar-refractivity contribution in [1.82, 2.24) is 4.57 Å². The molecular formula is C26H25N3O6. The average Bonchev–Trinajstić information content (AvgIpc) is 3.19. The van der Waals surface area contributed by atoms with Crippen molar-refractivity contribution in [2.24, 2.45) is 0 Å². The van der Waals surface area contributed by atoms with Gasteiger partial charge in [0.15, 0.2) is 11.5 Å². The first-order valence-electron chi connectivity index (χ1n) is 10.6. The summed E-state index contributed by atoms with van der Waals surface area (Å²) < 4.78 is 22.5. The lowest BCUT2D eigenvalue weighted by atomic mass is 10.1. The second-order valence-corrected chi connectivity index (χ2v) is 7.51. The summed E-state index contributed by atoms with van der Waals surface area (Å²) in [6.45, 7) is 0. The van der Waals surface area contributed by atoms with Crippen LogP contribution >= 0.6 is 0 Å². The molecule has 0 saturated heterocycles. The second kappa shape index (κ2) is 9.68. The number of aromatic nitrogens is 1. The lowest BCUT2D eigenvalue weighted by Crippen LogP contribution is -2.18. The minimum atomic E-state index is -0.485. The molecular weight excluding hydrogens is 450 g/mol. The maximum Gasteiger partial charge on any atom is 0.264 e. The van der Waals surface area contributed by atoms with Crippen LogP contribution in [0.5, 0.6) is 23.0 Å². The number of nitrogens with zero attached hydrogens (tertiary/aromatic N) is 1. The largest absolute Gasteiger partial charge is 0.497 e. The number of amides is 1. The first-order chi connectivity index (χ1) is 16.9. The van der Waals surface area contributed by atoms with Gasteiger partial charge in [0.2, 0.25) is 0 Å². The van der Waals surface area contributed by atoms with Gasteiger partial charge in [-0.15, -0.1) is 0 Å². The van der Waals surface area contributed by atoms with E-state index < -0.39 is 11.8 Å². The van der Waals surface area contributed by atoms with E-state index in [0.29, 0.717) is 45.2 Å². The van der Waals surface area contributed by atoms with Gasteiger partial charge in [0.05, 0.1) is 45.2 Å². The number of benzene rings is 3. The molecule has 0 aliphatic rings. The number of nitrogens with two attached hydrogens (primary N) is 1. The van der Waals surface area contributed by atoms with E-state index in [1.807, 2.05) is 0 Å². The number of anilines is 2. The highest BCUT2D eigenvalue weighted by Gasteiger charge is 2.26. The van der Waals surface area contributed by atoms with Crippen molar-refractivity contribution >= 4 is 34.2 Å². The quantitative estimate of drug-likeness (QED) is 0.412. The van der Waals surface area contributed by atoms with Crippen molar-refractivity contribution in [1.29, 1.82) is 0 Å². The fourth-order valence-electron chi connectivity index (χ4n) is 3.90. The van der Waals surface area contributed by atoms with Gasteiger partial charge < -0.3 is 30.0 Å². The summed E-state index contributed by atoms with van der Waals surface area (Å²) in [5.74, 6) is 0.997. The number of carbonyl (C=O) groups excluding carboxylic acids is 2. The molecule has 9 nitrogen and oxygen atoms in total. The van der Waals surface area contributed by atoms with Gasteiger partial charge >= 0.3 is 0 Å². The zero-order valence-corrected chi connectivity index (χ0v) is 19.7. The van der Waals surface area contributed by atoms with Crippen molar-refractivity contribution in [3.8, 4) is 23.0 Å². The van der Waals surface area contributed by atoms with Gasteiger partial charge in [0, 0.05) is 17.0 Å². The van der Waals surface area contributed by atoms with Gasteiger partial charge in [-0.05, 0) is 36.4 Å². The van der Waals surface area contributed by atoms with Crippen molar-refractivity contribution < 1.29 is 28.5 Å². The van der Waals surface area contributed by atoms with E-state index >= 15 is 0 Å². The van der Waals surface area contributed by atoms with E-state index in [9.17, 15) is 9.59 Å². The second-order valence-electron chi connectivity index (χ2n) is 7.51. The summed E-state index contributed by atoms with van der Waals surface area (Å²) in [5, 5.41) is 3.36. The number of carbonyl (C=O) groups is 2. The molecule has 0 bridgehead atoms. The molecule has 9 heteroatoms. The molecule has 1 aromatic heterocycles. The zero-order chi connectivity index (χ0) is 25.1. The summed E-state index contributed by atoms with van der Waals surface area (Å²) in [4.78, 5) is 26.9. The molecule has 0 saturated carbocycles. The predicted octanol–water partition coefficient (Wildman–Crippen LogP) is 4.20. The number of fused-ring (bicyclic) bond motifs is 1. The standard InChI is InChI=1S/C26H25N3O6/c1-32-16-10-11-18(21(14-16)34-3)28-25(30)23-17-7-5-6-8-19(17)29(24(23)27)26(31)15-9-12-20(33-2)22(13-15)35-4/h5-14H,27H2,1-4H3,(H,28,30). The topological polar surface area (TPSA) is 114 Å². The highest BCUT2D eigenvalue weighted by atomic mass is 16.5. The molecule has 4 rings (SSSR count). The molecule has 0 aliphatic heterocycles. The van der Waals surface area contributed by atoms with E-state index in [4.69, 9.17) is 24.7 Å². The summed E-state index contributed by atoms with van der Waals surface area (Å²) >= 11 is 0. The number of hydrogen-bond donors (Lipinski definition) is 2. The molecule has 0 fully saturated rings. The van der Waals surface area contributed by atoms with E-state index in [2.05, 4.69) is 5.32 Å². The zero-order valence-electron chi connectivity index (χ0n) is 19.7. The Morgan fingerprint density at radius 2 is 1.51 bits per heavy atom. The molecule has 0 spiro atoms. The number of rotatable bonds is 7. The van der Waals surface area contributed by atoms with Crippen LogP contribution in [0, 0.1) is 0 Å². The van der Waals surface area contributed by atoms with Crippen LogP contribution in [0.15, 0.2) is 60.7 Å². The number of methoxy groups -OCH3 is 4. The third-order valence-corrected chi connectivity index (χ3v) is 5.63. The third kappa shape index (κ3) is 4.19. The number of ether oxygens (including phenoxy) is 4. The predicted molar refractivity (Wildman–Crippen MR) is 133 cm³/mol. The fraction of sp³-hybridized carbons (Fsp3) is 0.154. The minimum absolute atomic E-state index is 0.0102. The molecule has 35 heavy (non-hydrogen) atoms. The Morgan fingerprint density at radius 1 is 0.800 bits per heavy atom. The van der Waals surface area contributed by atoms with E-state index in [1.54, 1.807) is 60.7 Å². The normalized spacial score (nSPS) is 10.6. The van der Waals surface area contributed by atoms with Gasteiger partial charge in [0.1, 0.15) is 17.3 Å². The maximum absolute atomic E-state index is 13.5. The molecule has 4 aromatic rings. The molecule has 0 aliphatic carbocycles. The fourth-order valence-corrected chi connectivity index (χ4v) is 3.90. The smallest absolute Gasteiger partial charge is 0.264 e.